The van der Waals surface area contributed by atoms with Gasteiger partial charge < -0.3 is 14.7 Å². The van der Waals surface area contributed by atoms with Crippen LogP contribution in [0.1, 0.15) is 51.4 Å². The van der Waals surface area contributed by atoms with Gasteiger partial charge in [0.05, 0.1) is 19.1 Å². The van der Waals surface area contributed by atoms with Gasteiger partial charge in [-0.05, 0) is 31.6 Å². The molecule has 1 N–H and O–H groups in total. The van der Waals surface area contributed by atoms with Gasteiger partial charge in [-0.3, -0.25) is 9.59 Å². The molecule has 1 heterocycles. The Bertz CT molecular complexity index is 331. The lowest BCUT2D eigenvalue weighted by Gasteiger charge is -2.32. The first-order valence-corrected chi connectivity index (χ1v) is 7.76. The number of hydrogen-bond donors (Lipinski definition) is 1. The fourth-order valence-electron chi connectivity index (χ4n) is 3.18. The summed E-state index contributed by atoms with van der Waals surface area (Å²) in [6.45, 7) is 1.78. The molecule has 1 saturated heterocycles. The molecule has 0 aromatic heterocycles. The Balaban J connectivity index is 1.62. The molecule has 2 fully saturated rings. The highest BCUT2D eigenvalue weighted by Gasteiger charge is 2.26. The van der Waals surface area contributed by atoms with Gasteiger partial charge in [-0.15, -0.1) is 0 Å². The van der Waals surface area contributed by atoms with Crippen LogP contribution in [-0.4, -0.2) is 47.7 Å². The lowest BCUT2D eigenvalue weighted by molar-refractivity contribution is -0.139. The third-order valence-electron chi connectivity index (χ3n) is 4.40. The van der Waals surface area contributed by atoms with Crippen molar-refractivity contribution in [3.63, 3.8) is 0 Å². The molecule has 5 nitrogen and oxygen atoms in total. The van der Waals surface area contributed by atoms with Crippen molar-refractivity contribution in [2.24, 2.45) is 5.92 Å². The summed E-state index contributed by atoms with van der Waals surface area (Å²) in [5.74, 6) is 0.0714. The molecule has 0 bridgehead atoms. The van der Waals surface area contributed by atoms with Crippen molar-refractivity contribution in [3.8, 4) is 0 Å². The minimum absolute atomic E-state index is 0.0564. The summed E-state index contributed by atoms with van der Waals surface area (Å²) >= 11 is 0. The van der Waals surface area contributed by atoms with Crippen molar-refractivity contribution in [2.75, 3.05) is 19.7 Å². The predicted molar refractivity (Wildman–Crippen MR) is 74.4 cm³/mol. The van der Waals surface area contributed by atoms with Crippen LogP contribution in [0.15, 0.2) is 0 Å². The van der Waals surface area contributed by atoms with Gasteiger partial charge in [0.2, 0.25) is 5.91 Å². The van der Waals surface area contributed by atoms with Crippen molar-refractivity contribution in [1.29, 1.82) is 0 Å². The standard InChI is InChI=1S/C15H25NO4/c17-14(11-12-3-1-2-4-12)16-8-5-13(6-9-16)20-10-7-15(18)19/h12-13H,1-11H2,(H,18,19). The number of carboxylic acid groups (broad SMARTS) is 1. The van der Waals surface area contributed by atoms with Crippen LogP contribution in [-0.2, 0) is 14.3 Å². The van der Waals surface area contributed by atoms with Gasteiger partial charge in [0.15, 0.2) is 0 Å². The van der Waals surface area contributed by atoms with Gasteiger partial charge in [0.25, 0.3) is 0 Å². The zero-order chi connectivity index (χ0) is 14.4. The molecule has 2 rings (SSSR count). The molecule has 2 aliphatic rings. The second-order valence-corrected chi connectivity index (χ2v) is 5.95. The quantitative estimate of drug-likeness (QED) is 0.810. The number of piperidine rings is 1. The van der Waals surface area contributed by atoms with Gasteiger partial charge in [-0.1, -0.05) is 12.8 Å². The molecule has 0 atom stereocenters. The van der Waals surface area contributed by atoms with Crippen LogP contribution in [0.4, 0.5) is 0 Å². The van der Waals surface area contributed by atoms with E-state index < -0.39 is 5.97 Å². The van der Waals surface area contributed by atoms with Crippen molar-refractivity contribution < 1.29 is 19.4 Å². The molecular weight excluding hydrogens is 258 g/mol. The zero-order valence-corrected chi connectivity index (χ0v) is 12.1. The van der Waals surface area contributed by atoms with E-state index in [0.29, 0.717) is 18.2 Å². The molecule has 0 spiro atoms. The third-order valence-corrected chi connectivity index (χ3v) is 4.40. The van der Waals surface area contributed by atoms with Crippen LogP contribution >= 0.6 is 0 Å². The Morgan fingerprint density at radius 1 is 1.10 bits per heavy atom. The molecule has 1 amide bonds. The number of ether oxygens (including phenoxy) is 1. The topological polar surface area (TPSA) is 66.8 Å². The fourth-order valence-corrected chi connectivity index (χ4v) is 3.18. The lowest BCUT2D eigenvalue weighted by Crippen LogP contribution is -2.41. The number of carboxylic acids is 1. The van der Waals surface area contributed by atoms with E-state index >= 15 is 0 Å². The predicted octanol–water partition coefficient (Wildman–Crippen LogP) is 2.05. The molecule has 114 valence electrons. The highest BCUT2D eigenvalue weighted by molar-refractivity contribution is 5.76. The van der Waals surface area contributed by atoms with Crippen LogP contribution in [0.3, 0.4) is 0 Å². The van der Waals surface area contributed by atoms with Crippen LogP contribution in [0.25, 0.3) is 0 Å². The van der Waals surface area contributed by atoms with E-state index in [2.05, 4.69) is 0 Å². The second kappa shape index (κ2) is 7.62. The summed E-state index contributed by atoms with van der Waals surface area (Å²) < 4.78 is 5.54. The van der Waals surface area contributed by atoms with Gasteiger partial charge in [-0.25, -0.2) is 0 Å². The minimum Gasteiger partial charge on any atom is -0.481 e. The first-order chi connectivity index (χ1) is 9.65. The molecule has 0 radical (unpaired) electrons. The summed E-state index contributed by atoms with van der Waals surface area (Å²) in [6.07, 6.45) is 7.51. The van der Waals surface area contributed by atoms with Crippen LogP contribution in [0.5, 0.6) is 0 Å². The first-order valence-electron chi connectivity index (χ1n) is 7.76. The van der Waals surface area contributed by atoms with E-state index in [9.17, 15) is 9.59 Å². The van der Waals surface area contributed by atoms with E-state index in [1.54, 1.807) is 0 Å². The Kier molecular flexibility index (Phi) is 5.83. The zero-order valence-electron chi connectivity index (χ0n) is 12.1. The van der Waals surface area contributed by atoms with Crippen LogP contribution in [0, 0.1) is 5.92 Å². The van der Waals surface area contributed by atoms with Crippen molar-refractivity contribution in [2.45, 2.75) is 57.5 Å². The molecule has 0 aromatic carbocycles. The minimum atomic E-state index is -0.825. The van der Waals surface area contributed by atoms with E-state index in [0.717, 1.165) is 25.9 Å². The molecule has 0 aromatic rings. The Labute approximate surface area is 120 Å². The molecular formula is C15H25NO4. The van der Waals surface area contributed by atoms with Crippen LogP contribution in [0.2, 0.25) is 0 Å². The fraction of sp³-hybridized carbons (Fsp3) is 0.867. The molecule has 20 heavy (non-hydrogen) atoms. The maximum Gasteiger partial charge on any atom is 0.305 e. The van der Waals surface area contributed by atoms with Gasteiger partial charge in [0.1, 0.15) is 0 Å². The number of hydrogen-bond acceptors (Lipinski definition) is 3. The van der Waals surface area contributed by atoms with E-state index in [1.165, 1.54) is 25.7 Å². The number of carbonyl (C=O) groups excluding carboxylic acids is 1. The number of likely N-dealkylation sites (tertiary alicyclic amines) is 1. The second-order valence-electron chi connectivity index (χ2n) is 5.95. The highest BCUT2D eigenvalue weighted by atomic mass is 16.5. The van der Waals surface area contributed by atoms with Gasteiger partial charge in [-0.2, -0.15) is 0 Å². The first kappa shape index (κ1) is 15.3. The normalized spacial score (nSPS) is 21.3. The molecule has 1 aliphatic carbocycles. The molecule has 1 aliphatic heterocycles. The Morgan fingerprint density at radius 2 is 1.75 bits per heavy atom. The van der Waals surface area contributed by atoms with Crippen molar-refractivity contribution in [1.82, 2.24) is 4.90 Å². The third kappa shape index (κ3) is 4.78. The number of aliphatic carboxylic acids is 1. The van der Waals surface area contributed by atoms with Crippen LogP contribution < -0.4 is 0 Å². The SMILES string of the molecule is O=C(O)CCOC1CCN(C(=O)CC2CCCC2)CC1. The highest BCUT2D eigenvalue weighted by Crippen LogP contribution is 2.28. The van der Waals surface area contributed by atoms with E-state index in [1.807, 2.05) is 4.90 Å². The number of amides is 1. The number of nitrogens with zero attached hydrogens (tertiary/aromatic N) is 1. The molecule has 1 saturated carbocycles. The number of carbonyl (C=O) groups is 2. The van der Waals surface area contributed by atoms with Crippen molar-refractivity contribution in [3.05, 3.63) is 0 Å². The Morgan fingerprint density at radius 3 is 2.35 bits per heavy atom. The summed E-state index contributed by atoms with van der Waals surface area (Å²) in [6, 6.07) is 0. The van der Waals surface area contributed by atoms with Gasteiger partial charge >= 0.3 is 5.97 Å². The Hall–Kier alpha value is -1.10. The smallest absolute Gasteiger partial charge is 0.305 e. The van der Waals surface area contributed by atoms with E-state index in [4.69, 9.17) is 9.84 Å². The number of rotatable bonds is 6. The maximum atomic E-state index is 12.2. The average molecular weight is 283 g/mol. The molecule has 0 unspecified atom stereocenters. The summed E-state index contributed by atoms with van der Waals surface area (Å²) in [5.41, 5.74) is 0. The average Bonchev–Trinajstić information content (AvgIpc) is 2.92. The molecule has 5 heteroatoms. The summed E-state index contributed by atoms with van der Waals surface area (Å²) in [5, 5.41) is 8.56. The van der Waals surface area contributed by atoms with Gasteiger partial charge in [0, 0.05) is 19.5 Å². The maximum absolute atomic E-state index is 12.2. The summed E-state index contributed by atoms with van der Waals surface area (Å²) in [7, 11) is 0. The van der Waals surface area contributed by atoms with Crippen molar-refractivity contribution >= 4 is 11.9 Å². The van der Waals surface area contributed by atoms with E-state index in [-0.39, 0.29) is 19.1 Å². The largest absolute Gasteiger partial charge is 0.481 e. The monoisotopic (exact) mass is 283 g/mol. The summed E-state index contributed by atoms with van der Waals surface area (Å²) in [4.78, 5) is 24.5. The lowest BCUT2D eigenvalue weighted by atomic mass is 10.0.